The predicted octanol–water partition coefficient (Wildman–Crippen LogP) is 4.40. The molecule has 0 atom stereocenters. The number of benzene rings is 3. The van der Waals surface area contributed by atoms with E-state index in [4.69, 9.17) is 0 Å². The Morgan fingerprint density at radius 2 is 1.61 bits per heavy atom. The fraction of sp³-hybridized carbons (Fsp3) is 0.0952. The van der Waals surface area contributed by atoms with E-state index >= 15 is 0 Å². The number of rotatable bonds is 6. The van der Waals surface area contributed by atoms with Gasteiger partial charge in [-0.15, -0.1) is 0 Å². The molecule has 0 aromatic heterocycles. The largest absolute Gasteiger partial charge is 0.322 e. The molecule has 0 aliphatic rings. The Labute approximate surface area is 177 Å². The standard InChI is InChI=1S/C21H18FN3O5S/c1-13-3-4-14(2)20(11-13)31(29,30)24-16-7-5-15(6-8-16)21(26)23-17-9-10-18(22)19(12-17)25(27)28/h3-12,24H,1-2H3,(H,23,26). The number of halogens is 1. The molecule has 0 saturated heterocycles. The van der Waals surface area contributed by atoms with E-state index in [1.807, 2.05) is 6.07 Å². The van der Waals surface area contributed by atoms with E-state index in [1.165, 1.54) is 30.3 Å². The number of amides is 1. The third-order valence-electron chi connectivity index (χ3n) is 4.43. The topological polar surface area (TPSA) is 118 Å². The zero-order chi connectivity index (χ0) is 22.8. The van der Waals surface area contributed by atoms with Crippen molar-refractivity contribution in [2.24, 2.45) is 0 Å². The maximum absolute atomic E-state index is 13.4. The van der Waals surface area contributed by atoms with Crippen LogP contribution in [0.5, 0.6) is 0 Å². The number of hydrogen-bond acceptors (Lipinski definition) is 5. The summed E-state index contributed by atoms with van der Waals surface area (Å²) in [6, 6.07) is 13.7. The minimum atomic E-state index is -3.82. The molecule has 8 nitrogen and oxygen atoms in total. The van der Waals surface area contributed by atoms with Gasteiger partial charge in [0.1, 0.15) is 0 Å². The third kappa shape index (κ3) is 5.04. The van der Waals surface area contributed by atoms with Crippen molar-refractivity contribution in [2.45, 2.75) is 18.7 Å². The Hall–Kier alpha value is -3.79. The number of anilines is 2. The van der Waals surface area contributed by atoms with E-state index in [2.05, 4.69) is 10.0 Å². The van der Waals surface area contributed by atoms with Crippen LogP contribution >= 0.6 is 0 Å². The Morgan fingerprint density at radius 3 is 2.26 bits per heavy atom. The summed E-state index contributed by atoms with van der Waals surface area (Å²) in [4.78, 5) is 22.5. The number of nitrogens with zero attached hydrogens (tertiary/aromatic N) is 1. The van der Waals surface area contributed by atoms with Gasteiger partial charge in [0.05, 0.1) is 9.82 Å². The van der Waals surface area contributed by atoms with Gasteiger partial charge in [0.25, 0.3) is 15.9 Å². The van der Waals surface area contributed by atoms with E-state index in [0.29, 0.717) is 5.56 Å². The fourth-order valence-electron chi connectivity index (χ4n) is 2.83. The van der Waals surface area contributed by atoms with Gasteiger partial charge in [-0.3, -0.25) is 19.6 Å². The lowest BCUT2D eigenvalue weighted by Crippen LogP contribution is -2.15. The molecule has 3 rings (SSSR count). The van der Waals surface area contributed by atoms with Gasteiger partial charge in [0, 0.05) is 23.0 Å². The van der Waals surface area contributed by atoms with Crippen LogP contribution < -0.4 is 10.0 Å². The molecule has 0 heterocycles. The number of aryl methyl sites for hydroxylation is 2. The van der Waals surface area contributed by atoms with E-state index in [1.54, 1.807) is 26.0 Å². The number of nitrogens with one attached hydrogen (secondary N) is 2. The van der Waals surface area contributed by atoms with Crippen LogP contribution in [0.4, 0.5) is 21.5 Å². The molecule has 0 saturated carbocycles. The van der Waals surface area contributed by atoms with Crippen molar-refractivity contribution in [1.29, 1.82) is 0 Å². The van der Waals surface area contributed by atoms with Crippen LogP contribution in [0.25, 0.3) is 0 Å². The van der Waals surface area contributed by atoms with E-state index in [9.17, 15) is 27.7 Å². The van der Waals surface area contributed by atoms with Crippen LogP contribution in [0.2, 0.25) is 0 Å². The summed E-state index contributed by atoms with van der Waals surface area (Å²) < 4.78 is 41.2. The monoisotopic (exact) mass is 443 g/mol. The van der Waals surface area contributed by atoms with Gasteiger partial charge in [-0.25, -0.2) is 8.42 Å². The maximum Gasteiger partial charge on any atom is 0.306 e. The van der Waals surface area contributed by atoms with Gasteiger partial charge >= 0.3 is 5.69 Å². The molecule has 0 fully saturated rings. The molecule has 0 unspecified atom stereocenters. The second-order valence-electron chi connectivity index (χ2n) is 6.83. The van der Waals surface area contributed by atoms with Gasteiger partial charge in [0.2, 0.25) is 5.82 Å². The molecule has 3 aromatic carbocycles. The van der Waals surface area contributed by atoms with Crippen molar-refractivity contribution in [2.75, 3.05) is 10.0 Å². The first-order valence-corrected chi connectivity index (χ1v) is 10.5. The van der Waals surface area contributed by atoms with Crippen molar-refractivity contribution < 1.29 is 22.5 Å². The van der Waals surface area contributed by atoms with Crippen LogP contribution in [0.3, 0.4) is 0 Å². The zero-order valence-corrected chi connectivity index (χ0v) is 17.4. The molecular formula is C21H18FN3O5S. The number of sulfonamides is 1. The van der Waals surface area contributed by atoms with Crippen molar-refractivity contribution in [3.63, 3.8) is 0 Å². The average molecular weight is 443 g/mol. The van der Waals surface area contributed by atoms with E-state index in [0.717, 1.165) is 17.7 Å². The highest BCUT2D eigenvalue weighted by Crippen LogP contribution is 2.23. The normalized spacial score (nSPS) is 11.1. The Bertz CT molecular complexity index is 1270. The summed E-state index contributed by atoms with van der Waals surface area (Å²) in [6.45, 7) is 3.49. The number of carbonyl (C=O) groups is 1. The number of carbonyl (C=O) groups excluding carboxylic acids is 1. The Morgan fingerprint density at radius 1 is 0.968 bits per heavy atom. The summed E-state index contributed by atoms with van der Waals surface area (Å²) in [7, 11) is -3.82. The minimum Gasteiger partial charge on any atom is -0.322 e. The van der Waals surface area contributed by atoms with Gasteiger partial charge in [-0.2, -0.15) is 4.39 Å². The number of nitro groups is 1. The van der Waals surface area contributed by atoms with Gasteiger partial charge in [-0.05, 0) is 67.4 Å². The quantitative estimate of drug-likeness (QED) is 0.432. The summed E-state index contributed by atoms with van der Waals surface area (Å²) in [5, 5.41) is 13.3. The molecule has 160 valence electrons. The highest BCUT2D eigenvalue weighted by atomic mass is 32.2. The number of hydrogen-bond donors (Lipinski definition) is 2. The lowest BCUT2D eigenvalue weighted by atomic mass is 10.2. The smallest absolute Gasteiger partial charge is 0.306 e. The van der Waals surface area contributed by atoms with Gasteiger partial charge in [-0.1, -0.05) is 12.1 Å². The van der Waals surface area contributed by atoms with Crippen LogP contribution in [0.1, 0.15) is 21.5 Å². The molecule has 0 radical (unpaired) electrons. The first kappa shape index (κ1) is 21.9. The number of nitro benzene ring substituents is 1. The molecule has 1 amide bonds. The van der Waals surface area contributed by atoms with Crippen LogP contribution in [-0.4, -0.2) is 19.2 Å². The second kappa shape index (κ2) is 8.52. The van der Waals surface area contributed by atoms with E-state index < -0.39 is 32.4 Å². The van der Waals surface area contributed by atoms with Crippen molar-refractivity contribution >= 4 is 33.0 Å². The molecule has 2 N–H and O–H groups in total. The maximum atomic E-state index is 13.4. The highest BCUT2D eigenvalue weighted by molar-refractivity contribution is 7.92. The lowest BCUT2D eigenvalue weighted by molar-refractivity contribution is -0.387. The SMILES string of the molecule is Cc1ccc(C)c(S(=O)(=O)Nc2ccc(C(=O)Nc3ccc(F)c([N+](=O)[O-])c3)cc2)c1. The predicted molar refractivity (Wildman–Crippen MR) is 114 cm³/mol. The van der Waals surface area contributed by atoms with Gasteiger partial charge < -0.3 is 5.32 Å². The molecular weight excluding hydrogens is 425 g/mol. The van der Waals surface area contributed by atoms with Crippen molar-refractivity contribution in [1.82, 2.24) is 0 Å². The average Bonchev–Trinajstić information content (AvgIpc) is 2.71. The first-order chi connectivity index (χ1) is 14.6. The minimum absolute atomic E-state index is 0.0535. The molecule has 0 bridgehead atoms. The molecule has 0 spiro atoms. The molecule has 0 aliphatic carbocycles. The first-order valence-electron chi connectivity index (χ1n) is 9.02. The summed E-state index contributed by atoms with van der Waals surface area (Å²) in [5.74, 6) is -1.60. The van der Waals surface area contributed by atoms with Crippen LogP contribution in [0, 0.1) is 29.8 Å². The van der Waals surface area contributed by atoms with Crippen molar-refractivity contribution in [3.8, 4) is 0 Å². The van der Waals surface area contributed by atoms with Crippen LogP contribution in [0.15, 0.2) is 65.6 Å². The molecule has 0 aliphatic heterocycles. The van der Waals surface area contributed by atoms with Crippen molar-refractivity contribution in [3.05, 3.63) is 93.3 Å². The Balaban J connectivity index is 1.75. The fourth-order valence-corrected chi connectivity index (χ4v) is 4.22. The molecule has 10 heteroatoms. The summed E-state index contributed by atoms with van der Waals surface area (Å²) in [5.41, 5.74) is 1.14. The lowest BCUT2D eigenvalue weighted by Gasteiger charge is -2.12. The molecule has 3 aromatic rings. The highest BCUT2D eigenvalue weighted by Gasteiger charge is 2.18. The molecule has 31 heavy (non-hydrogen) atoms. The van der Waals surface area contributed by atoms with Gasteiger partial charge in [0.15, 0.2) is 0 Å². The summed E-state index contributed by atoms with van der Waals surface area (Å²) in [6.07, 6.45) is 0. The second-order valence-corrected chi connectivity index (χ2v) is 8.48. The van der Waals surface area contributed by atoms with E-state index in [-0.39, 0.29) is 21.8 Å². The summed E-state index contributed by atoms with van der Waals surface area (Å²) >= 11 is 0. The Kier molecular flexibility index (Phi) is 6.02. The zero-order valence-electron chi connectivity index (χ0n) is 16.5. The third-order valence-corrected chi connectivity index (χ3v) is 5.96. The van der Waals surface area contributed by atoms with Crippen LogP contribution in [-0.2, 0) is 10.0 Å².